The SMILES string of the molecule is CCOC(=O)CSCC(C)(C)COCC(C)(C(=O)NN(C)C(=O)OC(C)(C)C)c1cccc(Br)c1. The van der Waals surface area contributed by atoms with Crippen LogP contribution in [0, 0.1) is 5.41 Å². The number of esters is 1. The summed E-state index contributed by atoms with van der Waals surface area (Å²) in [5.41, 5.74) is 1.35. The minimum atomic E-state index is -1.09. The van der Waals surface area contributed by atoms with Crippen LogP contribution in [0.5, 0.6) is 0 Å². The average Bonchev–Trinajstić information content (AvgIpc) is 2.72. The normalized spacial score (nSPS) is 13.5. The lowest BCUT2D eigenvalue weighted by Crippen LogP contribution is -2.53. The van der Waals surface area contributed by atoms with Crippen LogP contribution in [0.3, 0.4) is 0 Å². The van der Waals surface area contributed by atoms with E-state index in [1.54, 1.807) is 34.6 Å². The number of hydrogen-bond acceptors (Lipinski definition) is 7. The van der Waals surface area contributed by atoms with E-state index in [9.17, 15) is 14.4 Å². The molecule has 1 aromatic rings. The number of carbonyl (C=O) groups is 3. The number of rotatable bonds is 11. The highest BCUT2D eigenvalue weighted by Gasteiger charge is 2.38. The summed E-state index contributed by atoms with van der Waals surface area (Å²) < 4.78 is 17.2. The first-order chi connectivity index (χ1) is 16.1. The first kappa shape index (κ1) is 31.3. The number of ether oxygens (including phenoxy) is 3. The maximum atomic E-state index is 13.4. The zero-order chi connectivity index (χ0) is 26.9. The second-order valence-corrected chi connectivity index (χ2v) is 12.2. The summed E-state index contributed by atoms with van der Waals surface area (Å²) in [6.07, 6.45) is -0.664. The molecule has 8 nitrogen and oxygen atoms in total. The lowest BCUT2D eigenvalue weighted by Gasteiger charge is -2.33. The summed E-state index contributed by atoms with van der Waals surface area (Å²) in [6, 6.07) is 7.43. The van der Waals surface area contributed by atoms with Crippen molar-refractivity contribution < 1.29 is 28.6 Å². The third kappa shape index (κ3) is 11.2. The smallest absolute Gasteiger partial charge is 0.428 e. The molecule has 0 radical (unpaired) electrons. The average molecular weight is 576 g/mol. The monoisotopic (exact) mass is 574 g/mol. The molecule has 198 valence electrons. The van der Waals surface area contributed by atoms with E-state index in [4.69, 9.17) is 14.2 Å². The molecule has 0 aliphatic carbocycles. The molecule has 1 atom stereocenters. The van der Waals surface area contributed by atoms with Crippen LogP contribution in [0.4, 0.5) is 4.79 Å². The van der Waals surface area contributed by atoms with E-state index in [1.807, 2.05) is 38.1 Å². The summed E-state index contributed by atoms with van der Waals surface area (Å²) in [6.45, 7) is 13.7. The van der Waals surface area contributed by atoms with Gasteiger partial charge in [0.1, 0.15) is 5.60 Å². The van der Waals surface area contributed by atoms with E-state index in [-0.39, 0.29) is 23.7 Å². The first-order valence-electron chi connectivity index (χ1n) is 11.4. The third-order valence-electron chi connectivity index (χ3n) is 4.80. The number of thioether (sulfide) groups is 1. The summed E-state index contributed by atoms with van der Waals surface area (Å²) in [4.78, 5) is 37.4. The van der Waals surface area contributed by atoms with Gasteiger partial charge in [-0.25, -0.2) is 9.80 Å². The van der Waals surface area contributed by atoms with Crippen LogP contribution < -0.4 is 5.43 Å². The van der Waals surface area contributed by atoms with E-state index in [1.165, 1.54) is 18.8 Å². The molecule has 0 aliphatic rings. The second kappa shape index (κ2) is 13.5. The van der Waals surface area contributed by atoms with E-state index >= 15 is 0 Å². The fourth-order valence-corrected chi connectivity index (χ4v) is 4.34. The van der Waals surface area contributed by atoms with Crippen LogP contribution in [-0.4, -0.2) is 67.0 Å². The molecule has 0 spiro atoms. The zero-order valence-corrected chi connectivity index (χ0v) is 24.4. The van der Waals surface area contributed by atoms with Crippen LogP contribution in [-0.2, 0) is 29.2 Å². The summed E-state index contributed by atoms with van der Waals surface area (Å²) in [5, 5.41) is 1.04. The Balaban J connectivity index is 2.90. The molecule has 1 N–H and O–H groups in total. The Hall–Kier alpha value is -1.78. The minimum Gasteiger partial charge on any atom is -0.465 e. The molecule has 35 heavy (non-hydrogen) atoms. The summed E-state index contributed by atoms with van der Waals surface area (Å²) in [7, 11) is 1.44. The van der Waals surface area contributed by atoms with Gasteiger partial charge in [0.05, 0.1) is 31.0 Å². The summed E-state index contributed by atoms with van der Waals surface area (Å²) >= 11 is 4.95. The Bertz CT molecular complexity index is 874. The minimum absolute atomic E-state index is 0.0867. The van der Waals surface area contributed by atoms with E-state index in [0.29, 0.717) is 19.0 Å². The molecule has 0 saturated heterocycles. The van der Waals surface area contributed by atoms with E-state index in [2.05, 4.69) is 21.4 Å². The van der Waals surface area contributed by atoms with Gasteiger partial charge in [-0.2, -0.15) is 0 Å². The highest BCUT2D eigenvalue weighted by molar-refractivity contribution is 9.10. The number of nitrogens with zero attached hydrogens (tertiary/aromatic N) is 1. The maximum Gasteiger partial charge on any atom is 0.428 e. The largest absolute Gasteiger partial charge is 0.465 e. The van der Waals surface area contributed by atoms with Gasteiger partial charge in [0, 0.05) is 17.3 Å². The van der Waals surface area contributed by atoms with Gasteiger partial charge >= 0.3 is 12.1 Å². The van der Waals surface area contributed by atoms with Crippen LogP contribution in [0.25, 0.3) is 0 Å². The Morgan fingerprint density at radius 3 is 2.31 bits per heavy atom. The second-order valence-electron chi connectivity index (χ2n) is 10.3. The van der Waals surface area contributed by atoms with Crippen molar-refractivity contribution in [3.05, 3.63) is 34.3 Å². The molecule has 0 heterocycles. The van der Waals surface area contributed by atoms with Crippen molar-refractivity contribution in [1.29, 1.82) is 0 Å². The maximum absolute atomic E-state index is 13.4. The zero-order valence-electron chi connectivity index (χ0n) is 22.0. The molecule has 10 heteroatoms. The van der Waals surface area contributed by atoms with E-state index in [0.717, 1.165) is 15.0 Å². The van der Waals surface area contributed by atoms with Gasteiger partial charge in [-0.1, -0.05) is 41.9 Å². The fraction of sp³-hybridized carbons (Fsp3) is 0.640. The Morgan fingerprint density at radius 1 is 1.09 bits per heavy atom. The van der Waals surface area contributed by atoms with Gasteiger partial charge in [0.25, 0.3) is 5.91 Å². The number of halogens is 1. The van der Waals surface area contributed by atoms with Crippen molar-refractivity contribution >= 4 is 45.7 Å². The Labute approximate surface area is 221 Å². The first-order valence-corrected chi connectivity index (χ1v) is 13.4. The van der Waals surface area contributed by atoms with Crippen molar-refractivity contribution in [1.82, 2.24) is 10.4 Å². The molecule has 0 aliphatic heterocycles. The number of nitrogens with one attached hydrogen (secondary N) is 1. The van der Waals surface area contributed by atoms with Crippen LogP contribution >= 0.6 is 27.7 Å². The topological polar surface area (TPSA) is 94.2 Å². The lowest BCUT2D eigenvalue weighted by atomic mass is 9.82. The predicted octanol–water partition coefficient (Wildman–Crippen LogP) is 4.94. The number of hydrogen-bond donors (Lipinski definition) is 1. The van der Waals surface area contributed by atoms with Crippen molar-refractivity contribution in [2.75, 3.05) is 38.4 Å². The Morgan fingerprint density at radius 2 is 1.74 bits per heavy atom. The molecule has 0 fully saturated rings. The number of amides is 2. The molecule has 2 amide bonds. The number of carbonyl (C=O) groups excluding carboxylic acids is 3. The predicted molar refractivity (Wildman–Crippen MR) is 142 cm³/mol. The van der Waals surface area contributed by atoms with Gasteiger partial charge < -0.3 is 14.2 Å². The number of hydrazine groups is 1. The molecule has 1 aromatic carbocycles. The fourth-order valence-electron chi connectivity index (χ4n) is 2.95. The van der Waals surface area contributed by atoms with Gasteiger partial charge in [-0.15, -0.1) is 11.8 Å². The molecule has 0 bridgehead atoms. The van der Waals surface area contributed by atoms with Crippen molar-refractivity contribution in [3.8, 4) is 0 Å². The van der Waals surface area contributed by atoms with Crippen molar-refractivity contribution in [3.63, 3.8) is 0 Å². The Kier molecular flexibility index (Phi) is 12.1. The number of benzene rings is 1. The molecule has 0 aromatic heterocycles. The van der Waals surface area contributed by atoms with Gasteiger partial charge in [0.2, 0.25) is 0 Å². The highest BCUT2D eigenvalue weighted by atomic mass is 79.9. The van der Waals surface area contributed by atoms with Crippen molar-refractivity contribution in [2.24, 2.45) is 5.41 Å². The van der Waals surface area contributed by atoms with Crippen LogP contribution in [0.2, 0.25) is 0 Å². The molecular weight excluding hydrogens is 536 g/mol. The van der Waals surface area contributed by atoms with Gasteiger partial charge in [-0.3, -0.25) is 15.0 Å². The van der Waals surface area contributed by atoms with E-state index < -0.39 is 23.0 Å². The van der Waals surface area contributed by atoms with Crippen LogP contribution in [0.1, 0.15) is 54.0 Å². The summed E-state index contributed by atoms with van der Waals surface area (Å²) in [5.74, 6) is 0.333. The lowest BCUT2D eigenvalue weighted by molar-refractivity contribution is -0.139. The quantitative estimate of drug-likeness (QED) is 0.295. The highest BCUT2D eigenvalue weighted by Crippen LogP contribution is 2.29. The van der Waals surface area contributed by atoms with Crippen LogP contribution in [0.15, 0.2) is 28.7 Å². The van der Waals surface area contributed by atoms with Gasteiger partial charge in [-0.05, 0) is 57.7 Å². The molecule has 1 rings (SSSR count). The molecule has 0 saturated carbocycles. The van der Waals surface area contributed by atoms with Crippen molar-refractivity contribution in [2.45, 2.75) is 59.5 Å². The molecule has 1 unspecified atom stereocenters. The standard InChI is InChI=1S/C25H39BrN2O6S/c1-9-33-20(29)14-35-17-24(5,6)15-32-16-25(7,18-11-10-12-19(26)13-18)21(30)27-28(8)22(31)34-23(2,3)4/h10-13H,9,14-17H2,1-8H3,(H,27,30). The third-order valence-corrected chi connectivity index (χ3v) is 6.72. The van der Waals surface area contributed by atoms with Gasteiger partial charge in [0.15, 0.2) is 0 Å². The molecular formula is C25H39BrN2O6S.